The summed E-state index contributed by atoms with van der Waals surface area (Å²) in [6.07, 6.45) is 1.59. The molecule has 0 unspecified atom stereocenters. The predicted octanol–water partition coefficient (Wildman–Crippen LogP) is 4.52. The molecule has 8 heteroatoms. The molecule has 0 aliphatic heterocycles. The molecule has 0 saturated heterocycles. The number of carbonyl (C=O) groups excluding carboxylic acids is 1. The van der Waals surface area contributed by atoms with E-state index in [4.69, 9.17) is 20.8 Å². The minimum Gasteiger partial charge on any atom is -0.462 e. The smallest absolute Gasteiger partial charge is 0.343 e. The predicted molar refractivity (Wildman–Crippen MR) is 124 cm³/mol. The van der Waals surface area contributed by atoms with Gasteiger partial charge in [-0.2, -0.15) is 0 Å². The first kappa shape index (κ1) is 24.6. The van der Waals surface area contributed by atoms with E-state index in [9.17, 15) is 9.59 Å². The van der Waals surface area contributed by atoms with Crippen LogP contribution < -0.4 is 5.43 Å². The maximum Gasteiger partial charge on any atom is 0.343 e. The molecule has 166 valence electrons. The SMILES string of the molecule is CCOC(=O)c1cn([C@@H](C(C)C)C(C)(C)O[SiH2]C(C)(C)C)c2ccc(Cl)nc2c1=O. The topological polar surface area (TPSA) is 70.4 Å². The first-order valence-corrected chi connectivity index (χ1v) is 12.0. The van der Waals surface area contributed by atoms with Crippen molar-refractivity contribution in [3.63, 3.8) is 0 Å². The van der Waals surface area contributed by atoms with Crippen LogP contribution in [0.4, 0.5) is 0 Å². The summed E-state index contributed by atoms with van der Waals surface area (Å²) in [5.41, 5.74) is -0.282. The fraction of sp³-hybridized carbons (Fsp3) is 0.591. The molecule has 0 radical (unpaired) electrons. The number of nitrogens with zero attached hydrogens (tertiary/aromatic N) is 2. The van der Waals surface area contributed by atoms with Gasteiger partial charge in [0, 0.05) is 6.20 Å². The Morgan fingerprint density at radius 2 is 1.87 bits per heavy atom. The van der Waals surface area contributed by atoms with Crippen LogP contribution in [-0.4, -0.2) is 37.5 Å². The fourth-order valence-electron chi connectivity index (χ4n) is 3.73. The van der Waals surface area contributed by atoms with Gasteiger partial charge in [0.1, 0.15) is 16.2 Å². The number of ether oxygens (including phenoxy) is 1. The quantitative estimate of drug-likeness (QED) is 0.351. The van der Waals surface area contributed by atoms with Gasteiger partial charge in [-0.3, -0.25) is 4.79 Å². The molecule has 0 fully saturated rings. The summed E-state index contributed by atoms with van der Waals surface area (Å²) in [5.74, 6) is -0.504. The van der Waals surface area contributed by atoms with Gasteiger partial charge in [0.05, 0.1) is 23.8 Å². The summed E-state index contributed by atoms with van der Waals surface area (Å²) in [6.45, 7) is 16.8. The molecule has 2 heterocycles. The van der Waals surface area contributed by atoms with Crippen LogP contribution in [0.25, 0.3) is 11.0 Å². The minimum absolute atomic E-state index is 0.0476. The lowest BCUT2D eigenvalue weighted by Gasteiger charge is -2.41. The Hall–Kier alpha value is -1.70. The lowest BCUT2D eigenvalue weighted by Crippen LogP contribution is -2.42. The van der Waals surface area contributed by atoms with Gasteiger partial charge >= 0.3 is 5.97 Å². The van der Waals surface area contributed by atoms with Crippen molar-refractivity contribution in [2.75, 3.05) is 6.61 Å². The van der Waals surface area contributed by atoms with E-state index in [0.29, 0.717) is 5.52 Å². The maximum absolute atomic E-state index is 13.0. The number of hydrogen-bond donors (Lipinski definition) is 0. The van der Waals surface area contributed by atoms with Gasteiger partial charge in [-0.1, -0.05) is 46.2 Å². The summed E-state index contributed by atoms with van der Waals surface area (Å²) in [7, 11) is -0.837. The van der Waals surface area contributed by atoms with E-state index in [0.717, 1.165) is 0 Å². The van der Waals surface area contributed by atoms with Crippen LogP contribution in [0.5, 0.6) is 0 Å². The summed E-state index contributed by atoms with van der Waals surface area (Å²) in [4.78, 5) is 29.8. The van der Waals surface area contributed by atoms with Gasteiger partial charge in [-0.15, -0.1) is 0 Å². The van der Waals surface area contributed by atoms with Gasteiger partial charge in [0.25, 0.3) is 0 Å². The lowest BCUT2D eigenvalue weighted by molar-refractivity contribution is 0.0287. The number of pyridine rings is 2. The molecule has 1 atom stereocenters. The van der Waals surface area contributed by atoms with Crippen LogP contribution in [0.15, 0.2) is 23.1 Å². The lowest BCUT2D eigenvalue weighted by atomic mass is 9.88. The second-order valence-corrected chi connectivity index (χ2v) is 12.7. The summed E-state index contributed by atoms with van der Waals surface area (Å²) < 4.78 is 13.6. The number of fused-ring (bicyclic) bond motifs is 1. The number of halogens is 1. The zero-order chi connectivity index (χ0) is 22.9. The Bertz CT molecular complexity index is 979. The van der Waals surface area contributed by atoms with Gasteiger partial charge in [-0.05, 0) is 43.9 Å². The van der Waals surface area contributed by atoms with Crippen LogP contribution in [0, 0.1) is 5.92 Å². The third-order valence-electron chi connectivity index (χ3n) is 4.86. The highest BCUT2D eigenvalue weighted by molar-refractivity contribution is 6.31. The molecule has 0 aliphatic carbocycles. The summed E-state index contributed by atoms with van der Waals surface area (Å²) in [5, 5.41) is 0.333. The van der Waals surface area contributed by atoms with E-state index in [2.05, 4.69) is 53.5 Å². The normalized spacial score (nSPS) is 14.1. The van der Waals surface area contributed by atoms with Crippen molar-refractivity contribution in [1.29, 1.82) is 0 Å². The highest BCUT2D eigenvalue weighted by atomic mass is 35.5. The molecule has 0 aliphatic rings. The second-order valence-electron chi connectivity index (χ2n) is 9.64. The van der Waals surface area contributed by atoms with Crippen molar-refractivity contribution in [3.8, 4) is 0 Å². The zero-order valence-electron chi connectivity index (χ0n) is 19.2. The molecule has 30 heavy (non-hydrogen) atoms. The Labute approximate surface area is 185 Å². The van der Waals surface area contributed by atoms with Gasteiger partial charge in [-0.25, -0.2) is 9.78 Å². The zero-order valence-corrected chi connectivity index (χ0v) is 21.4. The number of hydrogen-bond acceptors (Lipinski definition) is 5. The largest absolute Gasteiger partial charge is 0.462 e. The molecule has 0 N–H and O–H groups in total. The van der Waals surface area contributed by atoms with Crippen molar-refractivity contribution in [3.05, 3.63) is 39.3 Å². The van der Waals surface area contributed by atoms with Gasteiger partial charge in [0.2, 0.25) is 5.43 Å². The van der Waals surface area contributed by atoms with Crippen molar-refractivity contribution in [1.82, 2.24) is 9.55 Å². The molecular formula is C22H33ClN2O4Si. The molecule has 0 amide bonds. The third kappa shape index (κ3) is 5.50. The molecule has 6 nitrogen and oxygen atoms in total. The van der Waals surface area contributed by atoms with Crippen LogP contribution >= 0.6 is 11.6 Å². The van der Waals surface area contributed by atoms with E-state index in [1.165, 1.54) is 0 Å². The highest BCUT2D eigenvalue weighted by Gasteiger charge is 2.36. The van der Waals surface area contributed by atoms with Gasteiger partial charge < -0.3 is 13.7 Å². The van der Waals surface area contributed by atoms with Crippen molar-refractivity contribution >= 4 is 38.4 Å². The number of esters is 1. The molecule has 2 rings (SSSR count). The van der Waals surface area contributed by atoms with Crippen LogP contribution in [0.3, 0.4) is 0 Å². The van der Waals surface area contributed by atoms with Gasteiger partial charge in [0.15, 0.2) is 9.76 Å². The van der Waals surface area contributed by atoms with E-state index in [1.54, 1.807) is 25.3 Å². The summed E-state index contributed by atoms with van der Waals surface area (Å²) >= 11 is 6.07. The Morgan fingerprint density at radius 1 is 1.23 bits per heavy atom. The Balaban J connectivity index is 2.76. The second kappa shape index (κ2) is 9.20. The first-order chi connectivity index (χ1) is 13.8. The van der Waals surface area contributed by atoms with Crippen molar-refractivity contribution in [2.24, 2.45) is 5.92 Å². The fourth-order valence-corrected chi connectivity index (χ4v) is 4.85. The molecule has 0 aromatic carbocycles. The summed E-state index contributed by atoms with van der Waals surface area (Å²) in [6, 6.07) is 3.28. The van der Waals surface area contributed by atoms with Crippen molar-refractivity contribution in [2.45, 2.75) is 72.1 Å². The number of carbonyl (C=O) groups is 1. The molecule has 2 aromatic heterocycles. The van der Waals surface area contributed by atoms with E-state index in [1.807, 2.05) is 4.57 Å². The van der Waals surface area contributed by atoms with Crippen LogP contribution in [0.2, 0.25) is 10.2 Å². The average Bonchev–Trinajstić information content (AvgIpc) is 2.61. The third-order valence-corrected chi connectivity index (χ3v) is 6.83. The van der Waals surface area contributed by atoms with E-state index >= 15 is 0 Å². The number of aromatic nitrogens is 2. The molecule has 2 aromatic rings. The maximum atomic E-state index is 13.0. The first-order valence-electron chi connectivity index (χ1n) is 10.3. The average molecular weight is 453 g/mol. The minimum atomic E-state index is -0.837. The molecule has 0 spiro atoms. The standard InChI is InChI=1S/C22H33ClN2O4Si/c1-9-28-20(27)14-12-25(15-10-11-16(23)24-17(15)18(14)26)19(13(2)3)22(7,8)29-30-21(4,5)6/h10-13,19H,9,30H2,1-8H3/t19-/m0/s1. The van der Waals surface area contributed by atoms with Crippen molar-refractivity contribution < 1.29 is 14.0 Å². The molecular weight excluding hydrogens is 420 g/mol. The highest BCUT2D eigenvalue weighted by Crippen LogP contribution is 2.36. The Kier molecular flexibility index (Phi) is 7.53. The molecule has 0 bridgehead atoms. The number of rotatable bonds is 7. The van der Waals surface area contributed by atoms with Crippen LogP contribution in [0.1, 0.15) is 71.8 Å². The van der Waals surface area contributed by atoms with E-state index in [-0.39, 0.29) is 39.8 Å². The van der Waals surface area contributed by atoms with Crippen LogP contribution in [-0.2, 0) is 9.16 Å². The Morgan fingerprint density at radius 3 is 2.40 bits per heavy atom. The molecule has 0 saturated carbocycles. The monoisotopic (exact) mass is 452 g/mol. The van der Waals surface area contributed by atoms with E-state index < -0.39 is 26.8 Å².